The SMILES string of the molecule is CCCNc1ccc(C(/C=C(/c2cc(Cl)cc(Cl)c2)C(F)(F)F)=N\O)cc1. The van der Waals surface area contributed by atoms with Crippen LogP contribution in [0.4, 0.5) is 18.9 Å². The summed E-state index contributed by atoms with van der Waals surface area (Å²) in [7, 11) is 0. The zero-order chi connectivity index (χ0) is 20.0. The van der Waals surface area contributed by atoms with Crippen LogP contribution in [0, 0.1) is 0 Å². The molecular weight excluding hydrogens is 400 g/mol. The van der Waals surface area contributed by atoms with Gasteiger partial charge in [0.15, 0.2) is 0 Å². The standard InChI is InChI=1S/C19H17Cl2F3N2O/c1-2-7-25-16-5-3-12(4-6-16)18(26-27)11-17(19(22,23)24)13-8-14(20)10-15(21)9-13/h3-6,8-11,25,27H,2,7H2,1H3/b17-11-,26-18-. The molecule has 3 nitrogen and oxygen atoms in total. The zero-order valence-electron chi connectivity index (χ0n) is 14.3. The van der Waals surface area contributed by atoms with E-state index >= 15 is 0 Å². The maximum atomic E-state index is 13.6. The summed E-state index contributed by atoms with van der Waals surface area (Å²) in [4.78, 5) is 0. The van der Waals surface area contributed by atoms with Crippen molar-refractivity contribution in [1.29, 1.82) is 0 Å². The molecule has 0 unspecified atom stereocenters. The second-order valence-electron chi connectivity index (χ2n) is 5.70. The van der Waals surface area contributed by atoms with Crippen molar-refractivity contribution in [3.8, 4) is 0 Å². The Labute approximate surface area is 165 Å². The van der Waals surface area contributed by atoms with Crippen molar-refractivity contribution in [1.82, 2.24) is 0 Å². The molecule has 144 valence electrons. The highest BCUT2D eigenvalue weighted by atomic mass is 35.5. The zero-order valence-corrected chi connectivity index (χ0v) is 15.8. The van der Waals surface area contributed by atoms with E-state index in [1.807, 2.05) is 6.92 Å². The Morgan fingerprint density at radius 2 is 1.67 bits per heavy atom. The molecule has 2 aromatic carbocycles. The van der Waals surface area contributed by atoms with Crippen LogP contribution in [0.3, 0.4) is 0 Å². The molecule has 0 aromatic heterocycles. The van der Waals surface area contributed by atoms with E-state index in [0.29, 0.717) is 5.56 Å². The molecule has 0 amide bonds. The molecule has 0 radical (unpaired) electrons. The average molecular weight is 417 g/mol. The van der Waals surface area contributed by atoms with Gasteiger partial charge in [0.2, 0.25) is 0 Å². The third-order valence-electron chi connectivity index (χ3n) is 3.63. The van der Waals surface area contributed by atoms with Gasteiger partial charge in [0.1, 0.15) is 5.71 Å². The van der Waals surface area contributed by atoms with Crippen LogP contribution in [0.1, 0.15) is 24.5 Å². The van der Waals surface area contributed by atoms with Gasteiger partial charge in [-0.1, -0.05) is 47.4 Å². The summed E-state index contributed by atoms with van der Waals surface area (Å²) >= 11 is 11.7. The molecular formula is C19H17Cl2F3N2O. The maximum Gasteiger partial charge on any atom is 0.417 e. The van der Waals surface area contributed by atoms with Gasteiger partial charge in [-0.15, -0.1) is 0 Å². The van der Waals surface area contributed by atoms with Crippen LogP contribution in [0.2, 0.25) is 10.0 Å². The van der Waals surface area contributed by atoms with E-state index in [1.165, 1.54) is 6.07 Å². The number of hydrogen-bond donors (Lipinski definition) is 2. The van der Waals surface area contributed by atoms with E-state index < -0.39 is 11.7 Å². The fourth-order valence-electron chi connectivity index (χ4n) is 2.37. The average Bonchev–Trinajstić information content (AvgIpc) is 2.59. The molecule has 0 aliphatic heterocycles. The lowest BCUT2D eigenvalue weighted by molar-refractivity contribution is -0.0688. The summed E-state index contributed by atoms with van der Waals surface area (Å²) < 4.78 is 40.8. The van der Waals surface area contributed by atoms with Crippen molar-refractivity contribution in [2.75, 3.05) is 11.9 Å². The second kappa shape index (κ2) is 9.15. The quantitative estimate of drug-likeness (QED) is 0.314. The highest BCUT2D eigenvalue weighted by molar-refractivity contribution is 6.35. The molecule has 0 saturated heterocycles. The summed E-state index contributed by atoms with van der Waals surface area (Å²) in [6.45, 7) is 2.79. The van der Waals surface area contributed by atoms with E-state index in [2.05, 4.69) is 10.5 Å². The first-order chi connectivity index (χ1) is 12.7. The topological polar surface area (TPSA) is 44.6 Å². The normalized spacial score (nSPS) is 13.0. The van der Waals surface area contributed by atoms with Crippen LogP contribution in [0.5, 0.6) is 0 Å². The van der Waals surface area contributed by atoms with Crippen molar-refractivity contribution in [2.45, 2.75) is 19.5 Å². The molecule has 0 spiro atoms. The molecule has 2 N–H and O–H groups in total. The van der Waals surface area contributed by atoms with Crippen molar-refractivity contribution < 1.29 is 18.4 Å². The van der Waals surface area contributed by atoms with Crippen LogP contribution < -0.4 is 5.32 Å². The molecule has 0 fully saturated rings. The first-order valence-electron chi connectivity index (χ1n) is 8.06. The number of nitrogens with one attached hydrogen (secondary N) is 1. The van der Waals surface area contributed by atoms with Crippen LogP contribution in [-0.4, -0.2) is 23.6 Å². The summed E-state index contributed by atoms with van der Waals surface area (Å²) in [6.07, 6.45) is -3.01. The number of benzene rings is 2. The third-order valence-corrected chi connectivity index (χ3v) is 4.06. The number of anilines is 1. The lowest BCUT2D eigenvalue weighted by atomic mass is 10.0. The van der Waals surface area contributed by atoms with E-state index in [4.69, 9.17) is 23.2 Å². The minimum Gasteiger partial charge on any atom is -0.410 e. The van der Waals surface area contributed by atoms with Gasteiger partial charge in [0, 0.05) is 27.8 Å². The first kappa shape index (κ1) is 21.1. The molecule has 2 aromatic rings. The number of allylic oxidation sites excluding steroid dienone is 2. The van der Waals surface area contributed by atoms with Gasteiger partial charge in [-0.25, -0.2) is 0 Å². The molecule has 27 heavy (non-hydrogen) atoms. The maximum absolute atomic E-state index is 13.6. The van der Waals surface area contributed by atoms with Gasteiger partial charge in [-0.2, -0.15) is 13.2 Å². The Bertz CT molecular complexity index is 827. The molecule has 2 rings (SSSR count). The van der Waals surface area contributed by atoms with E-state index in [0.717, 1.165) is 36.9 Å². The highest BCUT2D eigenvalue weighted by Crippen LogP contribution is 2.36. The fraction of sp³-hybridized carbons (Fsp3) is 0.211. The van der Waals surface area contributed by atoms with Gasteiger partial charge < -0.3 is 10.5 Å². The fourth-order valence-corrected chi connectivity index (χ4v) is 2.90. The van der Waals surface area contributed by atoms with Crippen LogP contribution in [-0.2, 0) is 0 Å². The number of hydrogen-bond acceptors (Lipinski definition) is 3. The molecule has 0 atom stereocenters. The van der Waals surface area contributed by atoms with Gasteiger partial charge in [0.05, 0.1) is 5.57 Å². The summed E-state index contributed by atoms with van der Waals surface area (Å²) in [5.74, 6) is 0. The van der Waals surface area contributed by atoms with Crippen molar-refractivity contribution in [3.05, 3.63) is 69.7 Å². The Hall–Kier alpha value is -2.18. The third kappa shape index (κ3) is 5.91. The minimum atomic E-state index is -4.70. The molecule has 8 heteroatoms. The molecule has 0 aliphatic carbocycles. The lowest BCUT2D eigenvalue weighted by Gasteiger charge is -2.14. The Kier molecular flexibility index (Phi) is 7.16. The predicted molar refractivity (Wildman–Crippen MR) is 104 cm³/mol. The summed E-state index contributed by atoms with van der Waals surface area (Å²) in [5.41, 5.74) is -0.329. The van der Waals surface area contributed by atoms with Crippen molar-refractivity contribution >= 4 is 40.2 Å². The summed E-state index contributed by atoms with van der Waals surface area (Å²) in [6, 6.07) is 10.2. The number of rotatable bonds is 6. The number of nitrogens with zero attached hydrogens (tertiary/aromatic N) is 1. The molecule has 0 bridgehead atoms. The first-order valence-corrected chi connectivity index (χ1v) is 8.82. The number of oxime groups is 1. The van der Waals surface area contributed by atoms with Gasteiger partial charge in [0.25, 0.3) is 0 Å². The van der Waals surface area contributed by atoms with E-state index in [9.17, 15) is 18.4 Å². The van der Waals surface area contributed by atoms with E-state index in [-0.39, 0.29) is 21.3 Å². The lowest BCUT2D eigenvalue weighted by Crippen LogP contribution is -2.13. The number of alkyl halides is 3. The van der Waals surface area contributed by atoms with Crippen molar-refractivity contribution in [3.63, 3.8) is 0 Å². The Morgan fingerprint density at radius 3 is 2.15 bits per heavy atom. The number of halogens is 5. The monoisotopic (exact) mass is 416 g/mol. The largest absolute Gasteiger partial charge is 0.417 e. The van der Waals surface area contributed by atoms with E-state index in [1.54, 1.807) is 24.3 Å². The highest BCUT2D eigenvalue weighted by Gasteiger charge is 2.35. The van der Waals surface area contributed by atoms with Crippen LogP contribution >= 0.6 is 23.2 Å². The van der Waals surface area contributed by atoms with Crippen LogP contribution in [0.15, 0.2) is 53.7 Å². The smallest absolute Gasteiger partial charge is 0.410 e. The Morgan fingerprint density at radius 1 is 1.07 bits per heavy atom. The van der Waals surface area contributed by atoms with Gasteiger partial charge in [-0.05, 0) is 48.4 Å². The van der Waals surface area contributed by atoms with Gasteiger partial charge >= 0.3 is 6.18 Å². The Balaban J connectivity index is 2.44. The predicted octanol–water partition coefficient (Wildman–Crippen LogP) is 6.64. The van der Waals surface area contributed by atoms with Crippen molar-refractivity contribution in [2.24, 2.45) is 5.16 Å². The second-order valence-corrected chi connectivity index (χ2v) is 6.58. The summed E-state index contributed by atoms with van der Waals surface area (Å²) in [5, 5.41) is 15.6. The molecule has 0 saturated carbocycles. The van der Waals surface area contributed by atoms with Gasteiger partial charge in [-0.3, -0.25) is 0 Å². The minimum absolute atomic E-state index is 0.0708. The molecule has 0 heterocycles. The van der Waals surface area contributed by atoms with Crippen LogP contribution in [0.25, 0.3) is 5.57 Å². The molecule has 0 aliphatic rings.